The summed E-state index contributed by atoms with van der Waals surface area (Å²) in [6, 6.07) is 18.2. The van der Waals surface area contributed by atoms with E-state index in [1.165, 1.54) is 0 Å². The fraction of sp³-hybridized carbons (Fsp3) is 0.391. The molecule has 0 radical (unpaired) electrons. The van der Waals surface area contributed by atoms with Crippen molar-refractivity contribution in [3.8, 4) is 11.8 Å². The molecule has 6 heteroatoms. The molecule has 0 saturated carbocycles. The number of ether oxygens (including phenoxy) is 1. The maximum atomic E-state index is 8.93. The molecule has 6 nitrogen and oxygen atoms in total. The molecular formula is C23H29N5O. The van der Waals surface area contributed by atoms with Gasteiger partial charge in [0.2, 0.25) is 0 Å². The summed E-state index contributed by atoms with van der Waals surface area (Å²) in [4.78, 5) is 7.11. The molecule has 29 heavy (non-hydrogen) atoms. The molecule has 1 aliphatic heterocycles. The van der Waals surface area contributed by atoms with Crippen LogP contribution in [0.1, 0.15) is 30.9 Å². The van der Waals surface area contributed by atoms with Gasteiger partial charge in [-0.15, -0.1) is 0 Å². The van der Waals surface area contributed by atoms with E-state index >= 15 is 0 Å². The lowest BCUT2D eigenvalue weighted by molar-refractivity contribution is 0.408. The topological polar surface area (TPSA) is 72.7 Å². The van der Waals surface area contributed by atoms with E-state index in [4.69, 9.17) is 15.0 Å². The number of methoxy groups -OCH3 is 1. The highest BCUT2D eigenvalue weighted by molar-refractivity contribution is 5.80. The number of nitrogens with one attached hydrogen (secondary N) is 2. The summed E-state index contributed by atoms with van der Waals surface area (Å²) in [5.74, 6) is 1.73. The third-order valence-corrected chi connectivity index (χ3v) is 5.04. The maximum absolute atomic E-state index is 8.93. The first-order valence-electron chi connectivity index (χ1n) is 10.1. The van der Waals surface area contributed by atoms with Crippen LogP contribution < -0.4 is 20.3 Å². The number of hydrogen-bond donors (Lipinski definition) is 2. The molecule has 0 spiro atoms. The van der Waals surface area contributed by atoms with Gasteiger partial charge in [-0.25, -0.2) is 4.99 Å². The van der Waals surface area contributed by atoms with Crippen LogP contribution in [-0.4, -0.2) is 38.7 Å². The average molecular weight is 392 g/mol. The molecule has 1 fully saturated rings. The van der Waals surface area contributed by atoms with Crippen LogP contribution >= 0.6 is 0 Å². The number of anilines is 1. The van der Waals surface area contributed by atoms with Crippen molar-refractivity contribution in [1.29, 1.82) is 5.26 Å². The number of rotatable bonds is 6. The zero-order chi connectivity index (χ0) is 20.5. The van der Waals surface area contributed by atoms with Crippen molar-refractivity contribution in [3.63, 3.8) is 0 Å². The second-order valence-corrected chi connectivity index (χ2v) is 7.11. The highest BCUT2D eigenvalue weighted by Gasteiger charge is 2.22. The quantitative estimate of drug-likeness (QED) is 0.584. The van der Waals surface area contributed by atoms with E-state index in [0.29, 0.717) is 18.2 Å². The fourth-order valence-corrected chi connectivity index (χ4v) is 3.57. The molecule has 0 aromatic heterocycles. The van der Waals surface area contributed by atoms with Crippen LogP contribution in [0.4, 0.5) is 5.69 Å². The molecule has 0 bridgehead atoms. The fourth-order valence-electron chi connectivity index (χ4n) is 3.57. The monoisotopic (exact) mass is 391 g/mol. The standard InChI is InChI=1S/C23H29N5O/c1-3-25-23(26-16-19-12-10-18(15-24)11-13-19)27-20-7-6-14-28(17-20)21-8-4-5-9-22(21)29-2/h4-5,8-13,20H,3,6-7,14,16-17H2,1-2H3,(H2,25,26,27). The number of hydrogen-bond acceptors (Lipinski definition) is 4. The number of nitriles is 1. The molecule has 1 aliphatic rings. The van der Waals surface area contributed by atoms with E-state index in [2.05, 4.69) is 40.7 Å². The normalized spacial score (nSPS) is 16.8. The number of guanidine groups is 1. The summed E-state index contributed by atoms with van der Waals surface area (Å²) < 4.78 is 5.54. The van der Waals surface area contributed by atoms with Crippen molar-refractivity contribution in [2.75, 3.05) is 31.6 Å². The first kappa shape index (κ1) is 20.5. The highest BCUT2D eigenvalue weighted by atomic mass is 16.5. The molecule has 1 unspecified atom stereocenters. The molecule has 0 aliphatic carbocycles. The van der Waals surface area contributed by atoms with Gasteiger partial charge in [-0.2, -0.15) is 5.26 Å². The smallest absolute Gasteiger partial charge is 0.191 e. The van der Waals surface area contributed by atoms with Crippen LogP contribution in [0.5, 0.6) is 5.75 Å². The third kappa shape index (κ3) is 5.64. The minimum Gasteiger partial charge on any atom is -0.495 e. The largest absolute Gasteiger partial charge is 0.495 e. The molecular weight excluding hydrogens is 362 g/mol. The van der Waals surface area contributed by atoms with E-state index in [1.54, 1.807) is 7.11 Å². The van der Waals surface area contributed by atoms with Gasteiger partial charge in [0.25, 0.3) is 0 Å². The van der Waals surface area contributed by atoms with Gasteiger partial charge >= 0.3 is 0 Å². The average Bonchev–Trinajstić information content (AvgIpc) is 2.78. The molecule has 1 heterocycles. The van der Waals surface area contributed by atoms with Crippen LogP contribution in [0.25, 0.3) is 0 Å². The molecule has 152 valence electrons. The Morgan fingerprint density at radius 3 is 2.76 bits per heavy atom. The van der Waals surface area contributed by atoms with E-state index < -0.39 is 0 Å². The second-order valence-electron chi connectivity index (χ2n) is 7.11. The van der Waals surface area contributed by atoms with Gasteiger partial charge in [0.1, 0.15) is 5.75 Å². The Hall–Kier alpha value is -3.20. The first-order chi connectivity index (χ1) is 14.2. The van der Waals surface area contributed by atoms with Gasteiger partial charge in [0.05, 0.1) is 31.0 Å². The minimum atomic E-state index is 0.312. The Labute approximate surface area is 173 Å². The Morgan fingerprint density at radius 2 is 2.03 bits per heavy atom. The summed E-state index contributed by atoms with van der Waals surface area (Å²) in [6.45, 7) is 5.38. The number of para-hydroxylation sites is 2. The Morgan fingerprint density at radius 1 is 1.24 bits per heavy atom. The summed E-state index contributed by atoms with van der Waals surface area (Å²) in [6.07, 6.45) is 2.22. The van der Waals surface area contributed by atoms with Crippen LogP contribution in [-0.2, 0) is 6.54 Å². The lowest BCUT2D eigenvalue weighted by atomic mass is 10.0. The molecule has 2 aromatic rings. The molecule has 3 rings (SSSR count). The van der Waals surface area contributed by atoms with Crippen molar-refractivity contribution in [2.24, 2.45) is 4.99 Å². The first-order valence-corrected chi connectivity index (χ1v) is 10.1. The number of nitrogens with zero attached hydrogens (tertiary/aromatic N) is 3. The van der Waals surface area contributed by atoms with Gasteiger partial charge in [0, 0.05) is 25.7 Å². The third-order valence-electron chi connectivity index (χ3n) is 5.04. The number of piperidine rings is 1. The maximum Gasteiger partial charge on any atom is 0.191 e. The molecule has 2 aromatic carbocycles. The predicted octanol–water partition coefficient (Wildman–Crippen LogP) is 3.29. The Kier molecular flexibility index (Phi) is 7.34. The van der Waals surface area contributed by atoms with E-state index in [1.807, 2.05) is 36.4 Å². The molecule has 0 amide bonds. The van der Waals surface area contributed by atoms with Gasteiger partial charge in [-0.1, -0.05) is 24.3 Å². The van der Waals surface area contributed by atoms with Gasteiger partial charge in [0.15, 0.2) is 5.96 Å². The lowest BCUT2D eigenvalue weighted by Crippen LogP contribution is -2.51. The van der Waals surface area contributed by atoms with E-state index in [9.17, 15) is 0 Å². The Balaban J connectivity index is 1.65. The van der Waals surface area contributed by atoms with Gasteiger partial charge < -0.3 is 20.3 Å². The zero-order valence-corrected chi connectivity index (χ0v) is 17.2. The highest BCUT2D eigenvalue weighted by Crippen LogP contribution is 2.29. The minimum absolute atomic E-state index is 0.312. The van der Waals surface area contributed by atoms with Crippen molar-refractivity contribution < 1.29 is 4.74 Å². The van der Waals surface area contributed by atoms with E-state index in [-0.39, 0.29) is 0 Å². The molecule has 1 saturated heterocycles. The predicted molar refractivity (Wildman–Crippen MR) is 117 cm³/mol. The summed E-state index contributed by atoms with van der Waals surface area (Å²) in [5.41, 5.74) is 2.89. The van der Waals surface area contributed by atoms with Gasteiger partial charge in [-0.3, -0.25) is 0 Å². The van der Waals surface area contributed by atoms with Crippen LogP contribution in [0.15, 0.2) is 53.5 Å². The zero-order valence-electron chi connectivity index (χ0n) is 17.2. The summed E-state index contributed by atoms with van der Waals surface area (Å²) >= 11 is 0. The van der Waals surface area contributed by atoms with Crippen molar-refractivity contribution >= 4 is 11.6 Å². The van der Waals surface area contributed by atoms with Crippen molar-refractivity contribution in [2.45, 2.75) is 32.4 Å². The Bertz CT molecular complexity index is 856. The summed E-state index contributed by atoms with van der Waals surface area (Å²) in [7, 11) is 1.72. The molecule has 2 N–H and O–H groups in total. The van der Waals surface area contributed by atoms with Crippen molar-refractivity contribution in [3.05, 3.63) is 59.7 Å². The van der Waals surface area contributed by atoms with Crippen LogP contribution in [0.3, 0.4) is 0 Å². The van der Waals surface area contributed by atoms with Crippen molar-refractivity contribution in [1.82, 2.24) is 10.6 Å². The van der Waals surface area contributed by atoms with Gasteiger partial charge in [-0.05, 0) is 49.6 Å². The summed E-state index contributed by atoms with van der Waals surface area (Å²) in [5, 5.41) is 15.9. The molecule has 1 atom stereocenters. The van der Waals surface area contributed by atoms with Crippen LogP contribution in [0.2, 0.25) is 0 Å². The SMILES string of the molecule is CCNC(=NCc1ccc(C#N)cc1)NC1CCCN(c2ccccc2OC)C1. The lowest BCUT2D eigenvalue weighted by Gasteiger charge is -2.36. The second kappa shape index (κ2) is 10.4. The van der Waals surface area contributed by atoms with Crippen LogP contribution in [0, 0.1) is 11.3 Å². The van der Waals surface area contributed by atoms with E-state index in [0.717, 1.165) is 55.4 Å². The number of benzene rings is 2. The number of aliphatic imine (C=N–C) groups is 1.